The summed E-state index contributed by atoms with van der Waals surface area (Å²) < 4.78 is 30.6. The predicted molar refractivity (Wildman–Crippen MR) is 106 cm³/mol. The summed E-state index contributed by atoms with van der Waals surface area (Å²) in [7, 11) is 3.61. The predicted octanol–water partition coefficient (Wildman–Crippen LogP) is 3.08. The molecule has 0 aliphatic heterocycles. The molecular formula is C20H22F2N6O. The summed E-state index contributed by atoms with van der Waals surface area (Å²) in [6.07, 6.45) is 5.28. The van der Waals surface area contributed by atoms with Crippen LogP contribution in [0.3, 0.4) is 0 Å². The molecule has 152 valence electrons. The Balaban J connectivity index is 1.58. The van der Waals surface area contributed by atoms with Crippen molar-refractivity contribution in [3.63, 3.8) is 0 Å². The van der Waals surface area contributed by atoms with Gasteiger partial charge in [-0.15, -0.1) is 0 Å². The van der Waals surface area contributed by atoms with Crippen molar-refractivity contribution >= 4 is 5.96 Å². The number of benzene rings is 1. The second-order valence-corrected chi connectivity index (χ2v) is 6.25. The summed E-state index contributed by atoms with van der Waals surface area (Å²) in [5.74, 6) is 1.58. The maximum absolute atomic E-state index is 12.2. The molecule has 0 aliphatic carbocycles. The van der Waals surface area contributed by atoms with E-state index in [1.54, 1.807) is 36.3 Å². The molecule has 0 spiro atoms. The Kier molecular flexibility index (Phi) is 6.72. The summed E-state index contributed by atoms with van der Waals surface area (Å²) in [5, 5.41) is 7.50. The van der Waals surface area contributed by atoms with E-state index in [9.17, 15) is 8.78 Å². The number of alkyl halides is 2. The Bertz CT molecular complexity index is 928. The van der Waals surface area contributed by atoms with Crippen LogP contribution in [0.4, 0.5) is 8.78 Å². The first kappa shape index (κ1) is 20.2. The van der Waals surface area contributed by atoms with E-state index in [0.717, 1.165) is 16.9 Å². The highest BCUT2D eigenvalue weighted by Crippen LogP contribution is 2.16. The third-order valence-corrected chi connectivity index (χ3v) is 4.14. The lowest BCUT2D eigenvalue weighted by atomic mass is 10.2. The van der Waals surface area contributed by atoms with E-state index in [-0.39, 0.29) is 5.75 Å². The van der Waals surface area contributed by atoms with E-state index in [1.807, 2.05) is 36.3 Å². The zero-order valence-electron chi connectivity index (χ0n) is 16.2. The number of ether oxygens (including phenoxy) is 1. The standard InChI is InChI=1S/C20H22F2N6O/c1-23-20(27(2)14-15-4-6-17(7-5-15)29-19(21)22)25-13-16-8-10-24-18(12-16)28-11-3-9-26-28/h3-12,19H,13-14H2,1-2H3,(H,23,25). The molecule has 2 heterocycles. The third-order valence-electron chi connectivity index (χ3n) is 4.14. The molecule has 9 heteroatoms. The molecule has 29 heavy (non-hydrogen) atoms. The number of rotatable bonds is 7. The summed E-state index contributed by atoms with van der Waals surface area (Å²) in [5.41, 5.74) is 1.98. The second kappa shape index (κ2) is 9.63. The van der Waals surface area contributed by atoms with E-state index in [2.05, 4.69) is 25.1 Å². The number of hydrogen-bond acceptors (Lipinski definition) is 4. The minimum Gasteiger partial charge on any atom is -0.435 e. The summed E-state index contributed by atoms with van der Waals surface area (Å²) in [6, 6.07) is 12.3. The summed E-state index contributed by atoms with van der Waals surface area (Å²) in [4.78, 5) is 10.6. The molecular weight excluding hydrogens is 378 g/mol. The van der Waals surface area contributed by atoms with Crippen LogP contribution in [0.1, 0.15) is 11.1 Å². The van der Waals surface area contributed by atoms with Gasteiger partial charge in [-0.3, -0.25) is 4.99 Å². The molecule has 0 bridgehead atoms. The number of guanidine groups is 1. The number of pyridine rings is 1. The number of halogens is 2. The molecule has 0 amide bonds. The van der Waals surface area contributed by atoms with Crippen LogP contribution in [0.25, 0.3) is 5.82 Å². The van der Waals surface area contributed by atoms with E-state index >= 15 is 0 Å². The lowest BCUT2D eigenvalue weighted by molar-refractivity contribution is -0.0498. The monoisotopic (exact) mass is 400 g/mol. The quantitative estimate of drug-likeness (QED) is 0.488. The average molecular weight is 400 g/mol. The van der Waals surface area contributed by atoms with Gasteiger partial charge in [0.1, 0.15) is 5.75 Å². The van der Waals surface area contributed by atoms with Crippen LogP contribution >= 0.6 is 0 Å². The Labute approximate surface area is 167 Å². The van der Waals surface area contributed by atoms with Gasteiger partial charge in [0, 0.05) is 45.8 Å². The van der Waals surface area contributed by atoms with Crippen LogP contribution in [0.15, 0.2) is 66.0 Å². The Morgan fingerprint density at radius 3 is 2.66 bits per heavy atom. The van der Waals surface area contributed by atoms with E-state index in [0.29, 0.717) is 19.0 Å². The van der Waals surface area contributed by atoms with Gasteiger partial charge in [-0.2, -0.15) is 13.9 Å². The smallest absolute Gasteiger partial charge is 0.387 e. The molecule has 1 N–H and O–H groups in total. The van der Waals surface area contributed by atoms with Gasteiger partial charge in [0.2, 0.25) is 0 Å². The van der Waals surface area contributed by atoms with Crippen molar-refractivity contribution in [2.75, 3.05) is 14.1 Å². The van der Waals surface area contributed by atoms with Crippen LogP contribution in [-0.4, -0.2) is 46.3 Å². The first-order valence-electron chi connectivity index (χ1n) is 8.95. The Hall–Kier alpha value is -3.49. The number of nitrogens with one attached hydrogen (secondary N) is 1. The van der Waals surface area contributed by atoms with Crippen molar-refractivity contribution in [3.8, 4) is 11.6 Å². The van der Waals surface area contributed by atoms with E-state index in [4.69, 9.17) is 0 Å². The fourth-order valence-corrected chi connectivity index (χ4v) is 2.79. The molecule has 3 aromatic rings. The van der Waals surface area contributed by atoms with Gasteiger partial charge in [-0.05, 0) is 41.5 Å². The van der Waals surface area contributed by atoms with Crippen molar-refractivity contribution in [2.24, 2.45) is 4.99 Å². The van der Waals surface area contributed by atoms with Crippen molar-refractivity contribution in [1.82, 2.24) is 25.0 Å². The Morgan fingerprint density at radius 1 is 1.21 bits per heavy atom. The first-order chi connectivity index (χ1) is 14.0. The number of nitrogens with zero attached hydrogens (tertiary/aromatic N) is 5. The van der Waals surface area contributed by atoms with Crippen LogP contribution in [-0.2, 0) is 13.1 Å². The maximum Gasteiger partial charge on any atom is 0.387 e. The topological polar surface area (TPSA) is 67.6 Å². The van der Waals surface area contributed by atoms with Crippen LogP contribution < -0.4 is 10.1 Å². The average Bonchev–Trinajstić information content (AvgIpc) is 3.25. The molecule has 0 saturated heterocycles. The van der Waals surface area contributed by atoms with Crippen molar-refractivity contribution in [1.29, 1.82) is 0 Å². The van der Waals surface area contributed by atoms with Gasteiger partial charge in [0.15, 0.2) is 11.8 Å². The zero-order valence-corrected chi connectivity index (χ0v) is 16.2. The lowest BCUT2D eigenvalue weighted by Crippen LogP contribution is -2.38. The van der Waals surface area contributed by atoms with Gasteiger partial charge >= 0.3 is 6.61 Å². The van der Waals surface area contributed by atoms with Crippen LogP contribution in [0.2, 0.25) is 0 Å². The van der Waals surface area contributed by atoms with E-state index in [1.165, 1.54) is 12.1 Å². The van der Waals surface area contributed by atoms with Crippen LogP contribution in [0, 0.1) is 0 Å². The second-order valence-electron chi connectivity index (χ2n) is 6.25. The third kappa shape index (κ3) is 5.74. The summed E-state index contributed by atoms with van der Waals surface area (Å²) >= 11 is 0. The summed E-state index contributed by atoms with van der Waals surface area (Å²) in [6.45, 7) is -1.70. The SMILES string of the molecule is CN=C(NCc1ccnc(-n2cccn2)c1)N(C)Cc1ccc(OC(F)F)cc1. The fourth-order valence-electron chi connectivity index (χ4n) is 2.79. The van der Waals surface area contributed by atoms with Gasteiger partial charge in [-0.1, -0.05) is 12.1 Å². The molecule has 0 fully saturated rings. The normalized spacial score (nSPS) is 11.6. The van der Waals surface area contributed by atoms with E-state index < -0.39 is 6.61 Å². The molecule has 0 radical (unpaired) electrons. The van der Waals surface area contributed by atoms with Crippen molar-refractivity contribution in [3.05, 3.63) is 72.2 Å². The highest BCUT2D eigenvalue weighted by atomic mass is 19.3. The van der Waals surface area contributed by atoms with Gasteiger partial charge in [-0.25, -0.2) is 9.67 Å². The van der Waals surface area contributed by atoms with Gasteiger partial charge in [0.05, 0.1) is 0 Å². The first-order valence-corrected chi connectivity index (χ1v) is 8.95. The molecule has 0 saturated carbocycles. The number of aliphatic imine (C=N–C) groups is 1. The number of aromatic nitrogens is 3. The molecule has 2 aromatic heterocycles. The maximum atomic E-state index is 12.2. The molecule has 3 rings (SSSR count). The highest BCUT2D eigenvalue weighted by Gasteiger charge is 2.09. The largest absolute Gasteiger partial charge is 0.435 e. The minimum atomic E-state index is -2.83. The van der Waals surface area contributed by atoms with Gasteiger partial charge < -0.3 is 15.0 Å². The molecule has 0 unspecified atom stereocenters. The molecule has 7 nitrogen and oxygen atoms in total. The highest BCUT2D eigenvalue weighted by molar-refractivity contribution is 5.79. The zero-order chi connectivity index (χ0) is 20.6. The fraction of sp³-hybridized carbons (Fsp3) is 0.250. The molecule has 1 aromatic carbocycles. The minimum absolute atomic E-state index is 0.139. The lowest BCUT2D eigenvalue weighted by Gasteiger charge is -2.22. The Morgan fingerprint density at radius 2 is 2.00 bits per heavy atom. The van der Waals surface area contributed by atoms with Crippen molar-refractivity contribution in [2.45, 2.75) is 19.7 Å². The van der Waals surface area contributed by atoms with Crippen molar-refractivity contribution < 1.29 is 13.5 Å². The molecule has 0 atom stereocenters. The van der Waals surface area contributed by atoms with Gasteiger partial charge in [0.25, 0.3) is 0 Å². The molecule has 0 aliphatic rings. The number of hydrogen-bond donors (Lipinski definition) is 1. The van der Waals surface area contributed by atoms with Crippen LogP contribution in [0.5, 0.6) is 5.75 Å².